The molecule has 0 aliphatic heterocycles. The first kappa shape index (κ1) is 10.1. The van der Waals surface area contributed by atoms with Crippen LogP contribution >= 0.6 is 0 Å². The Bertz CT molecular complexity index is 118. The van der Waals surface area contributed by atoms with E-state index in [9.17, 15) is 18.0 Å². The predicted octanol–water partition coefficient (Wildman–Crippen LogP) is 1.37. The topological polar surface area (TPSA) is 35.5 Å². The van der Waals surface area contributed by atoms with Crippen molar-refractivity contribution in [2.75, 3.05) is 19.9 Å². The van der Waals surface area contributed by atoms with Crippen LogP contribution < -0.4 is 0 Å². The Kier molecular flexibility index (Phi) is 5.32. The molecular formula is C5H7F3O3. The lowest BCUT2D eigenvalue weighted by Crippen LogP contribution is -2.13. The Labute approximate surface area is 61.1 Å². The second-order valence-electron chi connectivity index (χ2n) is 1.49. The zero-order chi connectivity index (χ0) is 8.69. The van der Waals surface area contributed by atoms with Gasteiger partial charge in [0, 0.05) is 0 Å². The Hall–Kier alpha value is -0.940. The lowest BCUT2D eigenvalue weighted by atomic mass is 10.8. The van der Waals surface area contributed by atoms with E-state index in [0.29, 0.717) is 0 Å². The Balaban J connectivity index is 3.23. The van der Waals surface area contributed by atoms with E-state index in [-0.39, 0.29) is 0 Å². The molecule has 0 radical (unpaired) electrons. The molecule has 0 aliphatic carbocycles. The maximum absolute atomic E-state index is 11.3. The highest BCUT2D eigenvalue weighted by molar-refractivity contribution is 5.59. The molecule has 0 aromatic rings. The SMILES string of the molecule is O=C(OCCF)OCC(F)F. The first-order chi connectivity index (χ1) is 5.16. The summed E-state index contributed by atoms with van der Waals surface area (Å²) in [5.41, 5.74) is 0. The van der Waals surface area contributed by atoms with Gasteiger partial charge in [0.2, 0.25) is 0 Å². The van der Waals surface area contributed by atoms with Gasteiger partial charge in [-0.25, -0.2) is 18.0 Å². The van der Waals surface area contributed by atoms with Gasteiger partial charge in [0.05, 0.1) is 0 Å². The highest BCUT2D eigenvalue weighted by atomic mass is 19.3. The van der Waals surface area contributed by atoms with E-state index in [1.54, 1.807) is 0 Å². The minimum atomic E-state index is -2.73. The van der Waals surface area contributed by atoms with Crippen LogP contribution in [0.25, 0.3) is 0 Å². The van der Waals surface area contributed by atoms with Crippen molar-refractivity contribution in [3.63, 3.8) is 0 Å². The van der Waals surface area contributed by atoms with Crippen LogP contribution in [0.15, 0.2) is 0 Å². The summed E-state index contributed by atoms with van der Waals surface area (Å²) < 4.78 is 41.7. The van der Waals surface area contributed by atoms with Gasteiger partial charge in [-0.05, 0) is 0 Å². The van der Waals surface area contributed by atoms with Crippen molar-refractivity contribution in [3.05, 3.63) is 0 Å². The number of hydrogen-bond acceptors (Lipinski definition) is 3. The van der Waals surface area contributed by atoms with E-state index in [1.165, 1.54) is 0 Å². The molecule has 0 rings (SSSR count). The maximum Gasteiger partial charge on any atom is 0.508 e. The van der Waals surface area contributed by atoms with Crippen LogP contribution in [0.5, 0.6) is 0 Å². The molecular weight excluding hydrogens is 165 g/mol. The maximum atomic E-state index is 11.3. The number of hydrogen-bond donors (Lipinski definition) is 0. The third-order valence-corrected chi connectivity index (χ3v) is 0.624. The number of halogens is 3. The number of alkyl halides is 3. The van der Waals surface area contributed by atoms with E-state index in [2.05, 4.69) is 9.47 Å². The lowest BCUT2D eigenvalue weighted by Gasteiger charge is -2.02. The summed E-state index contributed by atoms with van der Waals surface area (Å²) in [6.07, 6.45) is -4.00. The molecule has 0 saturated carbocycles. The third-order valence-electron chi connectivity index (χ3n) is 0.624. The normalized spacial score (nSPS) is 9.82. The lowest BCUT2D eigenvalue weighted by molar-refractivity contribution is 0.00558. The summed E-state index contributed by atoms with van der Waals surface area (Å²) in [6, 6.07) is 0. The molecule has 0 N–H and O–H groups in total. The van der Waals surface area contributed by atoms with Crippen LogP contribution in [0.3, 0.4) is 0 Å². The van der Waals surface area contributed by atoms with Crippen molar-refractivity contribution in [2.24, 2.45) is 0 Å². The smallest absolute Gasteiger partial charge is 0.432 e. The van der Waals surface area contributed by atoms with Crippen molar-refractivity contribution in [1.29, 1.82) is 0 Å². The Morgan fingerprint density at radius 1 is 1.36 bits per heavy atom. The molecule has 0 bridgehead atoms. The molecule has 0 spiro atoms. The van der Waals surface area contributed by atoms with Crippen LogP contribution in [0.2, 0.25) is 0 Å². The largest absolute Gasteiger partial charge is 0.508 e. The number of rotatable bonds is 4. The molecule has 66 valence electrons. The summed E-state index contributed by atoms with van der Waals surface area (Å²) in [6.45, 7) is -2.35. The summed E-state index contributed by atoms with van der Waals surface area (Å²) in [5.74, 6) is 0. The molecule has 3 nitrogen and oxygen atoms in total. The molecule has 0 atom stereocenters. The first-order valence-corrected chi connectivity index (χ1v) is 2.80. The van der Waals surface area contributed by atoms with E-state index in [1.807, 2.05) is 0 Å². The molecule has 0 heterocycles. The quantitative estimate of drug-likeness (QED) is 0.601. The summed E-state index contributed by atoms with van der Waals surface area (Å²) in [7, 11) is 0. The third kappa shape index (κ3) is 6.95. The summed E-state index contributed by atoms with van der Waals surface area (Å²) in [4.78, 5) is 10.2. The highest BCUT2D eigenvalue weighted by Crippen LogP contribution is 1.94. The minimum absolute atomic E-state index is 0.470. The Morgan fingerprint density at radius 3 is 2.45 bits per heavy atom. The fourth-order valence-electron chi connectivity index (χ4n) is 0.295. The van der Waals surface area contributed by atoms with Crippen molar-refractivity contribution >= 4 is 6.16 Å². The van der Waals surface area contributed by atoms with Gasteiger partial charge >= 0.3 is 6.16 Å². The average Bonchev–Trinajstić information content (AvgIpc) is 1.97. The van der Waals surface area contributed by atoms with Crippen molar-refractivity contribution in [1.82, 2.24) is 0 Å². The van der Waals surface area contributed by atoms with Gasteiger partial charge in [0.15, 0.2) is 6.61 Å². The van der Waals surface area contributed by atoms with Gasteiger partial charge in [0.1, 0.15) is 13.3 Å². The van der Waals surface area contributed by atoms with Crippen molar-refractivity contribution in [3.8, 4) is 0 Å². The zero-order valence-corrected chi connectivity index (χ0v) is 5.56. The fraction of sp³-hybridized carbons (Fsp3) is 0.800. The molecule has 11 heavy (non-hydrogen) atoms. The standard InChI is InChI=1S/C5H7F3O3/c6-1-2-10-5(9)11-3-4(7)8/h4H,1-3H2. The second-order valence-corrected chi connectivity index (χ2v) is 1.49. The molecule has 0 fully saturated rings. The minimum Gasteiger partial charge on any atom is -0.432 e. The van der Waals surface area contributed by atoms with Crippen LogP contribution in [0.1, 0.15) is 0 Å². The van der Waals surface area contributed by atoms with E-state index < -0.39 is 32.5 Å². The fourth-order valence-corrected chi connectivity index (χ4v) is 0.295. The number of carbonyl (C=O) groups excluding carboxylic acids is 1. The monoisotopic (exact) mass is 172 g/mol. The Morgan fingerprint density at radius 2 is 2.00 bits per heavy atom. The van der Waals surface area contributed by atoms with Gasteiger partial charge in [0.25, 0.3) is 6.43 Å². The van der Waals surface area contributed by atoms with Gasteiger partial charge in [-0.15, -0.1) is 0 Å². The van der Waals surface area contributed by atoms with Crippen LogP contribution in [-0.2, 0) is 9.47 Å². The highest BCUT2D eigenvalue weighted by Gasteiger charge is 2.08. The van der Waals surface area contributed by atoms with Gasteiger partial charge < -0.3 is 9.47 Å². The number of ether oxygens (including phenoxy) is 2. The van der Waals surface area contributed by atoms with E-state index >= 15 is 0 Å². The number of carbonyl (C=O) groups is 1. The molecule has 0 unspecified atom stereocenters. The van der Waals surface area contributed by atoms with Crippen molar-refractivity contribution < 1.29 is 27.4 Å². The molecule has 0 saturated heterocycles. The van der Waals surface area contributed by atoms with Crippen LogP contribution in [0, 0.1) is 0 Å². The summed E-state index contributed by atoms with van der Waals surface area (Å²) >= 11 is 0. The second kappa shape index (κ2) is 5.82. The van der Waals surface area contributed by atoms with Crippen LogP contribution in [-0.4, -0.2) is 32.5 Å². The van der Waals surface area contributed by atoms with Crippen molar-refractivity contribution in [2.45, 2.75) is 6.43 Å². The van der Waals surface area contributed by atoms with E-state index in [4.69, 9.17) is 0 Å². The van der Waals surface area contributed by atoms with E-state index in [0.717, 1.165) is 0 Å². The molecule has 6 heteroatoms. The molecule has 0 amide bonds. The van der Waals surface area contributed by atoms with Gasteiger partial charge in [-0.1, -0.05) is 0 Å². The van der Waals surface area contributed by atoms with Gasteiger partial charge in [-0.3, -0.25) is 0 Å². The predicted molar refractivity (Wildman–Crippen MR) is 29.3 cm³/mol. The molecule has 0 aromatic heterocycles. The molecule has 0 aliphatic rings. The average molecular weight is 172 g/mol. The molecule has 0 aromatic carbocycles. The van der Waals surface area contributed by atoms with Crippen LogP contribution in [0.4, 0.5) is 18.0 Å². The summed E-state index contributed by atoms with van der Waals surface area (Å²) in [5, 5.41) is 0. The zero-order valence-electron chi connectivity index (χ0n) is 5.56. The first-order valence-electron chi connectivity index (χ1n) is 2.80. The van der Waals surface area contributed by atoms with Gasteiger partial charge in [-0.2, -0.15) is 0 Å².